The smallest absolute Gasteiger partial charge is 0.224 e. The standard InChI is InChI=1S/C15H21IN2O2/c1-11(17)10-15(19)18-8-6-12(7-9-18)20-14-5-3-2-4-13(14)16/h2-5,11-12H,6-10,17H2,1H3. The number of hydrogen-bond acceptors (Lipinski definition) is 3. The van der Waals surface area contributed by atoms with Gasteiger partial charge in [0.05, 0.1) is 3.57 Å². The lowest BCUT2D eigenvalue weighted by Gasteiger charge is -2.32. The number of amides is 1. The van der Waals surface area contributed by atoms with Gasteiger partial charge in [0.25, 0.3) is 0 Å². The van der Waals surface area contributed by atoms with E-state index in [9.17, 15) is 4.79 Å². The molecule has 1 aliphatic heterocycles. The van der Waals surface area contributed by atoms with E-state index in [0.29, 0.717) is 6.42 Å². The van der Waals surface area contributed by atoms with Crippen molar-refractivity contribution < 1.29 is 9.53 Å². The molecule has 0 aromatic heterocycles. The van der Waals surface area contributed by atoms with Crippen LogP contribution in [0, 0.1) is 3.57 Å². The molecule has 2 rings (SSSR count). The van der Waals surface area contributed by atoms with Crippen LogP contribution in [-0.4, -0.2) is 36.0 Å². The number of piperidine rings is 1. The monoisotopic (exact) mass is 388 g/mol. The Morgan fingerprint density at radius 3 is 2.70 bits per heavy atom. The number of nitrogens with zero attached hydrogens (tertiary/aromatic N) is 1. The zero-order valence-electron chi connectivity index (χ0n) is 11.7. The van der Waals surface area contributed by atoms with Crippen molar-refractivity contribution in [2.75, 3.05) is 13.1 Å². The highest BCUT2D eigenvalue weighted by Crippen LogP contribution is 2.24. The van der Waals surface area contributed by atoms with Crippen LogP contribution in [0.1, 0.15) is 26.2 Å². The fourth-order valence-corrected chi connectivity index (χ4v) is 2.86. The highest BCUT2D eigenvalue weighted by atomic mass is 127. The lowest BCUT2D eigenvalue weighted by atomic mass is 10.1. The van der Waals surface area contributed by atoms with Gasteiger partial charge in [0.1, 0.15) is 11.9 Å². The van der Waals surface area contributed by atoms with Crippen LogP contribution in [0.5, 0.6) is 5.75 Å². The summed E-state index contributed by atoms with van der Waals surface area (Å²) in [5, 5.41) is 0. The van der Waals surface area contributed by atoms with E-state index in [4.69, 9.17) is 10.5 Å². The van der Waals surface area contributed by atoms with Gasteiger partial charge in [-0.3, -0.25) is 4.79 Å². The molecular weight excluding hydrogens is 367 g/mol. The quantitative estimate of drug-likeness (QED) is 0.807. The molecule has 0 saturated carbocycles. The first-order valence-electron chi connectivity index (χ1n) is 7.01. The number of para-hydroxylation sites is 1. The van der Waals surface area contributed by atoms with Gasteiger partial charge < -0.3 is 15.4 Å². The predicted molar refractivity (Wildman–Crippen MR) is 87.7 cm³/mol. The van der Waals surface area contributed by atoms with Gasteiger partial charge in [-0.05, 0) is 41.6 Å². The molecule has 1 saturated heterocycles. The number of benzene rings is 1. The van der Waals surface area contributed by atoms with Crippen LogP contribution in [0.25, 0.3) is 0 Å². The van der Waals surface area contributed by atoms with Gasteiger partial charge in [-0.2, -0.15) is 0 Å². The van der Waals surface area contributed by atoms with Gasteiger partial charge >= 0.3 is 0 Å². The number of nitrogens with two attached hydrogens (primary N) is 1. The summed E-state index contributed by atoms with van der Waals surface area (Å²) < 4.78 is 7.15. The Bertz CT molecular complexity index is 457. The van der Waals surface area contributed by atoms with E-state index in [1.165, 1.54) is 0 Å². The van der Waals surface area contributed by atoms with E-state index in [0.717, 1.165) is 35.3 Å². The number of rotatable bonds is 4. The van der Waals surface area contributed by atoms with Crippen LogP contribution in [-0.2, 0) is 4.79 Å². The molecule has 20 heavy (non-hydrogen) atoms. The zero-order valence-corrected chi connectivity index (χ0v) is 13.9. The van der Waals surface area contributed by atoms with Crippen molar-refractivity contribution in [3.05, 3.63) is 27.8 Å². The second kappa shape index (κ2) is 7.26. The highest BCUT2D eigenvalue weighted by molar-refractivity contribution is 14.1. The number of likely N-dealkylation sites (tertiary alicyclic amines) is 1. The van der Waals surface area contributed by atoms with Gasteiger partial charge in [0.2, 0.25) is 5.91 Å². The van der Waals surface area contributed by atoms with Crippen molar-refractivity contribution >= 4 is 28.5 Å². The molecule has 1 aromatic rings. The fraction of sp³-hybridized carbons (Fsp3) is 0.533. The summed E-state index contributed by atoms with van der Waals surface area (Å²) >= 11 is 2.28. The number of ether oxygens (including phenoxy) is 1. The van der Waals surface area contributed by atoms with Crippen LogP contribution in [0.4, 0.5) is 0 Å². The molecule has 0 bridgehead atoms. The number of carbonyl (C=O) groups is 1. The normalized spacial score (nSPS) is 17.9. The van der Waals surface area contributed by atoms with E-state index in [1.807, 2.05) is 36.1 Å². The summed E-state index contributed by atoms with van der Waals surface area (Å²) in [6, 6.07) is 7.96. The third-order valence-electron chi connectivity index (χ3n) is 3.42. The molecule has 1 amide bonds. The van der Waals surface area contributed by atoms with Crippen molar-refractivity contribution in [2.45, 2.75) is 38.3 Å². The summed E-state index contributed by atoms with van der Waals surface area (Å²) in [6.07, 6.45) is 2.40. The molecule has 1 atom stereocenters. The van der Waals surface area contributed by atoms with Crippen LogP contribution >= 0.6 is 22.6 Å². The molecule has 1 unspecified atom stereocenters. The van der Waals surface area contributed by atoms with Crippen molar-refractivity contribution in [2.24, 2.45) is 5.73 Å². The molecule has 0 radical (unpaired) electrons. The van der Waals surface area contributed by atoms with E-state index in [1.54, 1.807) is 0 Å². The van der Waals surface area contributed by atoms with E-state index < -0.39 is 0 Å². The van der Waals surface area contributed by atoms with Crippen LogP contribution in [0.3, 0.4) is 0 Å². The third kappa shape index (κ3) is 4.34. The van der Waals surface area contributed by atoms with Crippen LogP contribution in [0.15, 0.2) is 24.3 Å². The second-order valence-corrected chi connectivity index (χ2v) is 6.47. The third-order valence-corrected chi connectivity index (χ3v) is 4.31. The summed E-state index contributed by atoms with van der Waals surface area (Å²) in [4.78, 5) is 13.8. The Balaban J connectivity index is 1.83. The minimum absolute atomic E-state index is 0.0672. The number of halogens is 1. The van der Waals surface area contributed by atoms with Gasteiger partial charge in [0.15, 0.2) is 0 Å². The number of carbonyl (C=O) groups excluding carboxylic acids is 1. The minimum Gasteiger partial charge on any atom is -0.489 e. The van der Waals surface area contributed by atoms with Gasteiger partial charge in [-0.15, -0.1) is 0 Å². The van der Waals surface area contributed by atoms with Crippen molar-refractivity contribution in [3.8, 4) is 5.75 Å². The first kappa shape index (κ1) is 15.6. The Morgan fingerprint density at radius 2 is 2.10 bits per heavy atom. The Labute approximate surface area is 133 Å². The van der Waals surface area contributed by atoms with E-state index in [2.05, 4.69) is 22.6 Å². The average molecular weight is 388 g/mol. The summed E-state index contributed by atoms with van der Waals surface area (Å²) in [5.41, 5.74) is 5.67. The molecule has 2 N–H and O–H groups in total. The lowest BCUT2D eigenvalue weighted by Crippen LogP contribution is -2.43. The zero-order chi connectivity index (χ0) is 14.5. The Morgan fingerprint density at radius 1 is 1.45 bits per heavy atom. The van der Waals surface area contributed by atoms with Crippen molar-refractivity contribution in [1.29, 1.82) is 0 Å². The maximum Gasteiger partial charge on any atom is 0.224 e. The fourth-order valence-electron chi connectivity index (χ4n) is 2.35. The number of hydrogen-bond donors (Lipinski definition) is 1. The first-order valence-corrected chi connectivity index (χ1v) is 8.08. The van der Waals surface area contributed by atoms with Crippen molar-refractivity contribution in [1.82, 2.24) is 4.90 Å². The van der Waals surface area contributed by atoms with Crippen LogP contribution in [0.2, 0.25) is 0 Å². The summed E-state index contributed by atoms with van der Waals surface area (Å²) in [7, 11) is 0. The van der Waals surface area contributed by atoms with Gasteiger partial charge in [-0.25, -0.2) is 0 Å². The predicted octanol–water partition coefficient (Wildman–Crippen LogP) is 2.40. The molecule has 4 nitrogen and oxygen atoms in total. The molecule has 5 heteroatoms. The van der Waals surface area contributed by atoms with Crippen molar-refractivity contribution in [3.63, 3.8) is 0 Å². The minimum atomic E-state index is -0.0672. The maximum atomic E-state index is 11.9. The van der Waals surface area contributed by atoms with Gasteiger partial charge in [0, 0.05) is 38.4 Å². The molecule has 1 aliphatic rings. The molecule has 0 aliphatic carbocycles. The Hall–Kier alpha value is -0.820. The summed E-state index contributed by atoms with van der Waals surface area (Å²) in [5.74, 6) is 1.10. The lowest BCUT2D eigenvalue weighted by molar-refractivity contribution is -0.133. The highest BCUT2D eigenvalue weighted by Gasteiger charge is 2.24. The maximum absolute atomic E-state index is 11.9. The van der Waals surface area contributed by atoms with Gasteiger partial charge in [-0.1, -0.05) is 12.1 Å². The largest absolute Gasteiger partial charge is 0.489 e. The second-order valence-electron chi connectivity index (χ2n) is 5.31. The molecule has 0 spiro atoms. The molecule has 110 valence electrons. The van der Waals surface area contributed by atoms with E-state index in [-0.39, 0.29) is 18.1 Å². The SMILES string of the molecule is CC(N)CC(=O)N1CCC(Oc2ccccc2I)CC1. The van der Waals surface area contributed by atoms with Crippen LogP contribution < -0.4 is 10.5 Å². The molecule has 1 aromatic carbocycles. The molecule has 1 fully saturated rings. The average Bonchev–Trinajstić information content (AvgIpc) is 2.41. The molecular formula is C15H21IN2O2. The van der Waals surface area contributed by atoms with E-state index >= 15 is 0 Å². The topological polar surface area (TPSA) is 55.6 Å². The summed E-state index contributed by atoms with van der Waals surface area (Å²) in [6.45, 7) is 3.39. The Kier molecular flexibility index (Phi) is 5.65. The molecule has 1 heterocycles. The first-order chi connectivity index (χ1) is 9.56.